The molecule has 3 rings (SSSR count). The zero-order chi connectivity index (χ0) is 24.8. The second-order valence-corrected chi connectivity index (χ2v) is 8.73. The molecule has 1 saturated heterocycles. The van der Waals surface area contributed by atoms with Crippen LogP contribution in [0, 0.1) is 0 Å². The molecule has 1 aliphatic heterocycles. The van der Waals surface area contributed by atoms with Crippen LogP contribution in [0.25, 0.3) is 0 Å². The van der Waals surface area contributed by atoms with E-state index in [9.17, 15) is 9.59 Å². The summed E-state index contributed by atoms with van der Waals surface area (Å²) in [4.78, 5) is 36.0. The van der Waals surface area contributed by atoms with E-state index in [0.717, 1.165) is 24.5 Å². The van der Waals surface area contributed by atoms with Crippen molar-refractivity contribution in [1.29, 1.82) is 0 Å². The Morgan fingerprint density at radius 2 is 1.79 bits per heavy atom. The summed E-state index contributed by atoms with van der Waals surface area (Å²) in [7, 11) is 1.71. The molecule has 1 aliphatic rings. The fourth-order valence-corrected chi connectivity index (χ4v) is 3.57. The van der Waals surface area contributed by atoms with Crippen LogP contribution in [-0.2, 0) is 0 Å². The van der Waals surface area contributed by atoms with Gasteiger partial charge in [-0.2, -0.15) is 0 Å². The first-order valence-electron chi connectivity index (χ1n) is 10.2. The van der Waals surface area contributed by atoms with Crippen LogP contribution in [0.5, 0.6) is 0 Å². The number of benzene rings is 2. The summed E-state index contributed by atoms with van der Waals surface area (Å²) in [5, 5.41) is 6.43. The number of carbonyl (C=O) groups excluding carboxylic acids is 2. The van der Waals surface area contributed by atoms with Crippen molar-refractivity contribution in [3.05, 3.63) is 86.1 Å². The van der Waals surface area contributed by atoms with Gasteiger partial charge in [-0.3, -0.25) is 14.6 Å². The Morgan fingerprint density at radius 3 is 2.38 bits per heavy atom. The molecule has 2 aromatic carbocycles. The standard InChI is InChI=1S/C24H22Cl3N5O2/c1-14(25)4-9-21(28-2)31-24(34)18-13-16(26)6-8-20(18)30-23(33)17-7-5-15(12-19(17)27)22(29-3)32-10-11-32/h4-9,12-13H,2,10-11H2,1,3H3,(H,30,33)(H,31,34)/b14-4+,21-9+,29-22?. The lowest BCUT2D eigenvalue weighted by molar-refractivity contribution is 0.0966. The van der Waals surface area contributed by atoms with E-state index in [2.05, 4.69) is 32.2 Å². The number of amides is 2. The second kappa shape index (κ2) is 11.3. The molecule has 2 amide bonds. The first-order valence-corrected chi connectivity index (χ1v) is 11.3. The third-order valence-corrected chi connectivity index (χ3v) is 5.46. The fraction of sp³-hybridized carbons (Fsp3) is 0.167. The lowest BCUT2D eigenvalue weighted by Crippen LogP contribution is -2.24. The number of halogens is 3. The van der Waals surface area contributed by atoms with Gasteiger partial charge in [-0.25, -0.2) is 4.99 Å². The Morgan fingerprint density at radius 1 is 1.06 bits per heavy atom. The van der Waals surface area contributed by atoms with Crippen LogP contribution in [0.1, 0.15) is 33.2 Å². The van der Waals surface area contributed by atoms with Crippen molar-refractivity contribution in [3.8, 4) is 0 Å². The molecule has 0 bridgehead atoms. The second-order valence-electron chi connectivity index (χ2n) is 7.29. The van der Waals surface area contributed by atoms with Crippen LogP contribution in [0.4, 0.5) is 5.69 Å². The van der Waals surface area contributed by atoms with Crippen molar-refractivity contribution in [3.63, 3.8) is 0 Å². The maximum Gasteiger partial charge on any atom is 0.258 e. The Labute approximate surface area is 212 Å². The number of hydrogen-bond acceptors (Lipinski definition) is 4. The molecule has 0 saturated carbocycles. The third kappa shape index (κ3) is 6.47. The largest absolute Gasteiger partial charge is 0.353 e. The van der Waals surface area contributed by atoms with E-state index >= 15 is 0 Å². The number of nitrogens with zero attached hydrogens (tertiary/aromatic N) is 3. The van der Waals surface area contributed by atoms with Gasteiger partial charge < -0.3 is 15.5 Å². The highest BCUT2D eigenvalue weighted by Gasteiger charge is 2.24. The van der Waals surface area contributed by atoms with Crippen molar-refractivity contribution >= 4 is 64.9 Å². The first kappa shape index (κ1) is 25.5. The van der Waals surface area contributed by atoms with Gasteiger partial charge in [0.05, 0.1) is 21.8 Å². The number of nitrogens with one attached hydrogen (secondary N) is 2. The van der Waals surface area contributed by atoms with Gasteiger partial charge in [-0.05, 0) is 56.1 Å². The lowest BCUT2D eigenvalue weighted by Gasteiger charge is -2.14. The molecule has 0 aromatic heterocycles. The molecule has 7 nitrogen and oxygen atoms in total. The minimum Gasteiger partial charge on any atom is -0.353 e. The third-order valence-electron chi connectivity index (χ3n) is 4.79. The van der Waals surface area contributed by atoms with Crippen molar-refractivity contribution in [1.82, 2.24) is 10.2 Å². The maximum atomic E-state index is 13.0. The van der Waals surface area contributed by atoms with Crippen LogP contribution < -0.4 is 10.6 Å². The summed E-state index contributed by atoms with van der Waals surface area (Å²) in [6.07, 6.45) is 3.07. The zero-order valence-corrected chi connectivity index (χ0v) is 20.8. The highest BCUT2D eigenvalue weighted by atomic mass is 35.5. The van der Waals surface area contributed by atoms with E-state index in [1.807, 2.05) is 0 Å². The van der Waals surface area contributed by atoms with E-state index in [1.165, 1.54) is 18.2 Å². The smallest absolute Gasteiger partial charge is 0.258 e. The van der Waals surface area contributed by atoms with Gasteiger partial charge in [0.2, 0.25) is 0 Å². The van der Waals surface area contributed by atoms with Crippen LogP contribution in [0.15, 0.2) is 69.4 Å². The van der Waals surface area contributed by atoms with Crippen molar-refractivity contribution in [2.45, 2.75) is 6.92 Å². The van der Waals surface area contributed by atoms with Crippen LogP contribution in [0.2, 0.25) is 10.0 Å². The Balaban J connectivity index is 1.84. The number of aliphatic imine (C=N–C) groups is 2. The molecule has 176 valence electrons. The van der Waals surface area contributed by atoms with Gasteiger partial charge in [0.25, 0.3) is 11.8 Å². The number of allylic oxidation sites excluding steroid dienone is 3. The SMILES string of the molecule is C=N/C(=C\C=C(/C)Cl)NC(=O)c1cc(Cl)ccc1NC(=O)c1ccc(C(=NC)N2CC2)cc1Cl. The summed E-state index contributed by atoms with van der Waals surface area (Å²) in [5.74, 6) is -0.0150. The van der Waals surface area contributed by atoms with Crippen LogP contribution in [0.3, 0.4) is 0 Å². The molecule has 0 aliphatic carbocycles. The maximum absolute atomic E-state index is 13.0. The minimum absolute atomic E-state index is 0.136. The Kier molecular flexibility index (Phi) is 8.50. The van der Waals surface area contributed by atoms with Crippen LogP contribution in [-0.4, -0.2) is 49.4 Å². The van der Waals surface area contributed by atoms with E-state index in [4.69, 9.17) is 34.8 Å². The number of hydrogen-bond donors (Lipinski definition) is 2. The van der Waals surface area contributed by atoms with Crippen LogP contribution >= 0.6 is 34.8 Å². The van der Waals surface area contributed by atoms with Gasteiger partial charge in [-0.1, -0.05) is 40.9 Å². The van der Waals surface area contributed by atoms with E-state index < -0.39 is 11.8 Å². The number of rotatable bonds is 7. The quantitative estimate of drug-likeness (QED) is 0.224. The number of amidine groups is 1. The summed E-state index contributed by atoms with van der Waals surface area (Å²) in [6.45, 7) is 7.00. The fourth-order valence-electron chi connectivity index (χ4n) is 3.07. The molecule has 0 atom stereocenters. The Bertz CT molecular complexity index is 1230. The predicted molar refractivity (Wildman–Crippen MR) is 140 cm³/mol. The monoisotopic (exact) mass is 517 g/mol. The molecule has 2 N–H and O–H groups in total. The molecule has 10 heteroatoms. The van der Waals surface area contributed by atoms with Gasteiger partial charge in [0, 0.05) is 35.8 Å². The average molecular weight is 519 g/mol. The molecule has 1 fully saturated rings. The molecule has 2 aromatic rings. The first-order chi connectivity index (χ1) is 16.2. The summed E-state index contributed by atoms with van der Waals surface area (Å²) < 4.78 is 0. The predicted octanol–water partition coefficient (Wildman–Crippen LogP) is 5.35. The molecule has 0 spiro atoms. The van der Waals surface area contributed by atoms with Crippen molar-refractivity contribution in [2.75, 3.05) is 25.5 Å². The normalized spacial score (nSPS) is 14.0. The summed E-state index contributed by atoms with van der Waals surface area (Å²) in [5.41, 5.74) is 1.46. The Hall–Kier alpha value is -3.13. The highest BCUT2D eigenvalue weighted by molar-refractivity contribution is 6.35. The zero-order valence-electron chi connectivity index (χ0n) is 18.5. The van der Waals surface area contributed by atoms with E-state index in [-0.39, 0.29) is 27.7 Å². The van der Waals surface area contributed by atoms with E-state index in [1.54, 1.807) is 44.3 Å². The average Bonchev–Trinajstić information content (AvgIpc) is 3.63. The lowest BCUT2D eigenvalue weighted by atomic mass is 10.1. The minimum atomic E-state index is -0.541. The number of anilines is 1. The van der Waals surface area contributed by atoms with Gasteiger partial charge in [0.1, 0.15) is 11.7 Å². The van der Waals surface area contributed by atoms with Gasteiger partial charge in [-0.15, -0.1) is 0 Å². The molecule has 1 heterocycles. The number of carbonyl (C=O) groups is 2. The van der Waals surface area contributed by atoms with Crippen molar-refractivity contribution in [2.24, 2.45) is 9.98 Å². The topological polar surface area (TPSA) is 85.9 Å². The molecular weight excluding hydrogens is 497 g/mol. The highest BCUT2D eigenvalue weighted by Crippen LogP contribution is 2.25. The van der Waals surface area contributed by atoms with Gasteiger partial charge >= 0.3 is 0 Å². The molecular formula is C24H22Cl3N5O2. The van der Waals surface area contributed by atoms with E-state index in [0.29, 0.717) is 10.1 Å². The van der Waals surface area contributed by atoms with Gasteiger partial charge in [0.15, 0.2) is 0 Å². The summed E-state index contributed by atoms with van der Waals surface area (Å²) >= 11 is 18.3. The molecule has 0 radical (unpaired) electrons. The van der Waals surface area contributed by atoms with Crippen molar-refractivity contribution < 1.29 is 9.59 Å². The summed E-state index contributed by atoms with van der Waals surface area (Å²) in [6, 6.07) is 9.65. The molecule has 34 heavy (non-hydrogen) atoms. The molecule has 0 unspecified atom stereocenters.